The van der Waals surface area contributed by atoms with Crippen LogP contribution in [0.5, 0.6) is 0 Å². The van der Waals surface area contributed by atoms with E-state index in [1.807, 2.05) is 6.92 Å². The highest BCUT2D eigenvalue weighted by atomic mass is 16.3. The second kappa shape index (κ2) is 4.60. The van der Waals surface area contributed by atoms with Crippen LogP contribution in [0.2, 0.25) is 0 Å². The van der Waals surface area contributed by atoms with Gasteiger partial charge in [0, 0.05) is 18.1 Å². The van der Waals surface area contributed by atoms with Crippen LogP contribution in [0.1, 0.15) is 33.6 Å². The van der Waals surface area contributed by atoms with Gasteiger partial charge in [-0.3, -0.25) is 4.90 Å². The maximum Gasteiger partial charge on any atom is 0.0621 e. The van der Waals surface area contributed by atoms with Gasteiger partial charge < -0.3 is 10.8 Å². The minimum atomic E-state index is -0.450. The fourth-order valence-electron chi connectivity index (χ4n) is 2.20. The van der Waals surface area contributed by atoms with E-state index in [1.54, 1.807) is 0 Å². The topological polar surface area (TPSA) is 49.5 Å². The van der Waals surface area contributed by atoms with E-state index in [2.05, 4.69) is 18.7 Å². The van der Waals surface area contributed by atoms with Gasteiger partial charge in [0.2, 0.25) is 0 Å². The van der Waals surface area contributed by atoms with Gasteiger partial charge in [-0.1, -0.05) is 6.92 Å². The van der Waals surface area contributed by atoms with E-state index in [4.69, 9.17) is 10.8 Å². The summed E-state index contributed by atoms with van der Waals surface area (Å²) in [7, 11) is 0. The zero-order valence-electron chi connectivity index (χ0n) is 9.66. The summed E-state index contributed by atoms with van der Waals surface area (Å²) in [5.74, 6) is 0.833. The molecule has 0 saturated carbocycles. The Kier molecular flexibility index (Phi) is 3.93. The number of nitrogens with zero attached hydrogens (tertiary/aromatic N) is 1. The van der Waals surface area contributed by atoms with Gasteiger partial charge in [-0.25, -0.2) is 0 Å². The molecule has 3 nitrogen and oxygen atoms in total. The third-order valence-corrected chi connectivity index (χ3v) is 3.20. The molecule has 1 aliphatic rings. The molecule has 1 fully saturated rings. The molecule has 0 spiro atoms. The normalized spacial score (nSPS) is 34.1. The molecule has 14 heavy (non-hydrogen) atoms. The third kappa shape index (κ3) is 3.23. The first kappa shape index (κ1) is 12.0. The summed E-state index contributed by atoms with van der Waals surface area (Å²) in [6, 6.07) is 0.605. The molecule has 1 saturated heterocycles. The lowest BCUT2D eigenvalue weighted by Gasteiger charge is -2.40. The zero-order chi connectivity index (χ0) is 10.8. The van der Waals surface area contributed by atoms with E-state index >= 15 is 0 Å². The number of hydrogen-bond donors (Lipinski definition) is 2. The minimum absolute atomic E-state index is 0.0613. The molecule has 84 valence electrons. The lowest BCUT2D eigenvalue weighted by atomic mass is 9.91. The Morgan fingerprint density at radius 3 is 2.64 bits per heavy atom. The maximum absolute atomic E-state index is 9.11. The Hall–Kier alpha value is -0.120. The number of likely N-dealkylation sites (tertiary alicyclic amines) is 1. The SMILES string of the molecule is CC1CCN(CC(C)(N)CO)C(C)C1. The van der Waals surface area contributed by atoms with E-state index in [-0.39, 0.29) is 6.61 Å². The molecule has 3 heteroatoms. The standard InChI is InChI=1S/C11H24N2O/c1-9-4-5-13(10(2)6-9)7-11(3,12)8-14/h9-10,14H,4-8,12H2,1-3H3. The highest BCUT2D eigenvalue weighted by Gasteiger charge is 2.28. The van der Waals surface area contributed by atoms with Crippen LogP contribution in [0.3, 0.4) is 0 Å². The van der Waals surface area contributed by atoms with Gasteiger partial charge >= 0.3 is 0 Å². The monoisotopic (exact) mass is 200 g/mol. The van der Waals surface area contributed by atoms with Crippen molar-refractivity contribution in [2.45, 2.75) is 45.2 Å². The van der Waals surface area contributed by atoms with Crippen LogP contribution in [-0.2, 0) is 0 Å². The molecule has 3 N–H and O–H groups in total. The predicted octanol–water partition coefficient (Wildman–Crippen LogP) is 0.817. The van der Waals surface area contributed by atoms with Gasteiger partial charge in [0.1, 0.15) is 0 Å². The summed E-state index contributed by atoms with van der Waals surface area (Å²) in [5.41, 5.74) is 5.50. The fraction of sp³-hybridized carbons (Fsp3) is 1.00. The average molecular weight is 200 g/mol. The Bertz CT molecular complexity index is 182. The molecule has 0 bridgehead atoms. The van der Waals surface area contributed by atoms with Crippen LogP contribution < -0.4 is 5.73 Å². The van der Waals surface area contributed by atoms with Crippen LogP contribution in [0.15, 0.2) is 0 Å². The van der Waals surface area contributed by atoms with Crippen LogP contribution >= 0.6 is 0 Å². The second-order valence-corrected chi connectivity index (χ2v) is 5.26. The molecular formula is C11H24N2O. The van der Waals surface area contributed by atoms with Gasteiger partial charge in [-0.05, 0) is 39.2 Å². The number of rotatable bonds is 3. The molecule has 0 amide bonds. The van der Waals surface area contributed by atoms with Crippen molar-refractivity contribution in [3.63, 3.8) is 0 Å². The molecule has 0 aromatic rings. The van der Waals surface area contributed by atoms with Crippen LogP contribution in [-0.4, -0.2) is 41.3 Å². The molecule has 0 aromatic heterocycles. The van der Waals surface area contributed by atoms with Gasteiger partial charge in [0.25, 0.3) is 0 Å². The van der Waals surface area contributed by atoms with Gasteiger partial charge in [-0.15, -0.1) is 0 Å². The van der Waals surface area contributed by atoms with E-state index in [9.17, 15) is 0 Å². The van der Waals surface area contributed by atoms with Crippen molar-refractivity contribution in [1.82, 2.24) is 4.90 Å². The summed E-state index contributed by atoms with van der Waals surface area (Å²) in [4.78, 5) is 2.40. The van der Waals surface area contributed by atoms with Crippen LogP contribution in [0, 0.1) is 5.92 Å². The van der Waals surface area contributed by atoms with Crippen LogP contribution in [0.25, 0.3) is 0 Å². The van der Waals surface area contributed by atoms with Crippen LogP contribution in [0.4, 0.5) is 0 Å². The van der Waals surface area contributed by atoms with Gasteiger partial charge in [-0.2, -0.15) is 0 Å². The number of aliphatic hydroxyl groups is 1. The third-order valence-electron chi connectivity index (χ3n) is 3.20. The lowest BCUT2D eigenvalue weighted by Crippen LogP contribution is -2.54. The van der Waals surface area contributed by atoms with Crippen molar-refractivity contribution in [3.8, 4) is 0 Å². The molecule has 3 unspecified atom stereocenters. The zero-order valence-corrected chi connectivity index (χ0v) is 9.66. The quantitative estimate of drug-likeness (QED) is 0.709. The number of aliphatic hydroxyl groups excluding tert-OH is 1. The summed E-state index contributed by atoms with van der Waals surface area (Å²) in [6.45, 7) is 8.46. The van der Waals surface area contributed by atoms with Gasteiger partial charge in [0.05, 0.1) is 6.61 Å². The van der Waals surface area contributed by atoms with Crippen molar-refractivity contribution in [2.24, 2.45) is 11.7 Å². The molecule has 0 radical (unpaired) electrons. The molecular weight excluding hydrogens is 176 g/mol. The lowest BCUT2D eigenvalue weighted by molar-refractivity contribution is 0.0823. The largest absolute Gasteiger partial charge is 0.394 e. The van der Waals surface area contributed by atoms with Crippen molar-refractivity contribution >= 4 is 0 Å². The van der Waals surface area contributed by atoms with E-state index in [1.165, 1.54) is 12.8 Å². The fourth-order valence-corrected chi connectivity index (χ4v) is 2.20. The number of nitrogens with two attached hydrogens (primary N) is 1. The van der Waals surface area contributed by atoms with Crippen molar-refractivity contribution < 1.29 is 5.11 Å². The smallest absolute Gasteiger partial charge is 0.0621 e. The first-order valence-electron chi connectivity index (χ1n) is 5.58. The predicted molar refractivity (Wildman–Crippen MR) is 59.1 cm³/mol. The van der Waals surface area contributed by atoms with E-state index < -0.39 is 5.54 Å². The molecule has 1 rings (SSSR count). The van der Waals surface area contributed by atoms with Gasteiger partial charge in [0.15, 0.2) is 0 Å². The molecule has 1 aliphatic heterocycles. The maximum atomic E-state index is 9.11. The Morgan fingerprint density at radius 2 is 2.14 bits per heavy atom. The first-order chi connectivity index (χ1) is 6.44. The number of piperidine rings is 1. The molecule has 0 aromatic carbocycles. The molecule has 3 atom stereocenters. The Balaban J connectivity index is 2.45. The second-order valence-electron chi connectivity index (χ2n) is 5.26. The molecule has 0 aliphatic carbocycles. The summed E-state index contributed by atoms with van der Waals surface area (Å²) in [6.07, 6.45) is 2.51. The Morgan fingerprint density at radius 1 is 1.50 bits per heavy atom. The van der Waals surface area contributed by atoms with Crippen molar-refractivity contribution in [1.29, 1.82) is 0 Å². The highest BCUT2D eigenvalue weighted by Crippen LogP contribution is 2.22. The number of hydrogen-bond acceptors (Lipinski definition) is 3. The summed E-state index contributed by atoms with van der Waals surface area (Å²) >= 11 is 0. The molecule has 1 heterocycles. The average Bonchev–Trinajstić information content (AvgIpc) is 2.10. The van der Waals surface area contributed by atoms with E-state index in [0.717, 1.165) is 19.0 Å². The van der Waals surface area contributed by atoms with E-state index in [0.29, 0.717) is 6.04 Å². The Labute approximate surface area is 87.3 Å². The summed E-state index contributed by atoms with van der Waals surface area (Å²) in [5, 5.41) is 9.11. The van der Waals surface area contributed by atoms with Crippen molar-refractivity contribution in [2.75, 3.05) is 19.7 Å². The highest BCUT2D eigenvalue weighted by molar-refractivity contribution is 4.86. The summed E-state index contributed by atoms with van der Waals surface area (Å²) < 4.78 is 0. The van der Waals surface area contributed by atoms with Crippen molar-refractivity contribution in [3.05, 3.63) is 0 Å². The minimum Gasteiger partial charge on any atom is -0.394 e. The first-order valence-corrected chi connectivity index (χ1v) is 5.58.